The number of hydrogen-bond donors (Lipinski definition) is 0. The lowest BCUT2D eigenvalue weighted by Gasteiger charge is -2.69. The highest BCUT2D eigenvalue weighted by Gasteiger charge is 2.65. The van der Waals surface area contributed by atoms with Crippen molar-refractivity contribution in [3.05, 3.63) is 0 Å². The topological polar surface area (TPSA) is 49.9 Å². The van der Waals surface area contributed by atoms with E-state index in [1.807, 2.05) is 0 Å². The van der Waals surface area contributed by atoms with Crippen molar-refractivity contribution in [3.63, 3.8) is 0 Å². The Kier molecular flexibility index (Phi) is 27.5. The summed E-state index contributed by atoms with van der Waals surface area (Å²) >= 11 is 0. The van der Waals surface area contributed by atoms with Crippen LogP contribution in [0.3, 0.4) is 0 Å². The van der Waals surface area contributed by atoms with Crippen LogP contribution < -0.4 is 0 Å². The Labute approximate surface area is 568 Å². The summed E-state index contributed by atoms with van der Waals surface area (Å²) in [6.45, 7) is 23.8. The molecule has 8 heteroatoms. The van der Waals surface area contributed by atoms with E-state index in [0.29, 0.717) is 72.8 Å². The van der Waals surface area contributed by atoms with Gasteiger partial charge in [0.1, 0.15) is 0 Å². The van der Waals surface area contributed by atoms with Gasteiger partial charge in [-0.1, -0.05) is 81.1 Å². The Morgan fingerprint density at radius 1 is 0.239 bits per heavy atom. The third-order valence-electron chi connectivity index (χ3n) is 29.7. The van der Waals surface area contributed by atoms with Crippen molar-refractivity contribution in [2.24, 2.45) is 59.2 Å². The first-order chi connectivity index (χ1) is 45.1. The number of nitrogens with zero attached hydrogens (tertiary/aromatic N) is 4. The van der Waals surface area contributed by atoms with Gasteiger partial charge in [-0.25, -0.2) is 0 Å². The first-order valence-electron chi connectivity index (χ1n) is 42.7. The molecule has 0 saturated heterocycles. The van der Waals surface area contributed by atoms with Gasteiger partial charge in [-0.15, -0.1) is 0 Å². The van der Waals surface area contributed by atoms with Gasteiger partial charge in [0, 0.05) is 98.9 Å². The van der Waals surface area contributed by atoms with Gasteiger partial charge >= 0.3 is 0 Å². The second-order valence-corrected chi connectivity index (χ2v) is 35.8. The predicted molar refractivity (Wildman–Crippen MR) is 384 cm³/mol. The summed E-state index contributed by atoms with van der Waals surface area (Å²) in [5, 5.41) is 0. The molecule has 0 radical (unpaired) electrons. The third kappa shape index (κ3) is 17.3. The van der Waals surface area contributed by atoms with E-state index < -0.39 is 0 Å². The Hall–Kier alpha value is -0.320. The van der Waals surface area contributed by atoms with Gasteiger partial charge < -0.3 is 18.9 Å². The molecule has 12 saturated carbocycles. The number of unbranched alkanes of at least 4 members (excludes halogenated alkanes) is 4. The maximum absolute atomic E-state index is 7.05. The summed E-state index contributed by atoms with van der Waals surface area (Å²) in [5.41, 5.74) is 0. The molecule has 12 aliphatic carbocycles. The zero-order valence-electron chi connectivity index (χ0n) is 61.8. The van der Waals surface area contributed by atoms with Crippen LogP contribution in [0.2, 0.25) is 0 Å². The lowest BCUT2D eigenvalue weighted by atomic mass is 9.44. The molecule has 530 valence electrons. The van der Waals surface area contributed by atoms with Crippen LogP contribution in [0.15, 0.2) is 0 Å². The van der Waals surface area contributed by atoms with Crippen molar-refractivity contribution in [1.29, 1.82) is 0 Å². The van der Waals surface area contributed by atoms with Crippen LogP contribution in [-0.2, 0) is 18.9 Å². The first-order valence-corrected chi connectivity index (χ1v) is 42.7. The normalized spacial score (nSPS) is 44.0. The minimum atomic E-state index is 0.440. The largest absolute Gasteiger partial charge is 0.378 e. The highest BCUT2D eigenvalue weighted by molar-refractivity contribution is 5.17. The van der Waals surface area contributed by atoms with Gasteiger partial charge in [0.15, 0.2) is 0 Å². The maximum atomic E-state index is 7.05. The average molecular weight is 1280 g/mol. The number of ether oxygens (including phenoxy) is 4. The second kappa shape index (κ2) is 35.3. The van der Waals surface area contributed by atoms with Crippen molar-refractivity contribution in [3.8, 4) is 0 Å². The quantitative estimate of drug-likeness (QED) is 0.0719. The van der Waals surface area contributed by atoms with Crippen molar-refractivity contribution < 1.29 is 18.9 Å². The number of rotatable bonds is 28. The van der Waals surface area contributed by atoms with Crippen LogP contribution in [0.25, 0.3) is 0 Å². The van der Waals surface area contributed by atoms with Crippen LogP contribution in [0.5, 0.6) is 0 Å². The molecule has 16 atom stereocenters. The fraction of sp³-hybridized carbons (Fsp3) is 1.00. The molecular weight excluding hydrogens is 1130 g/mol. The van der Waals surface area contributed by atoms with Gasteiger partial charge in [0.25, 0.3) is 0 Å². The van der Waals surface area contributed by atoms with E-state index in [1.54, 1.807) is 0 Å². The fourth-order valence-electron chi connectivity index (χ4n) is 24.9. The van der Waals surface area contributed by atoms with Crippen LogP contribution >= 0.6 is 0 Å². The summed E-state index contributed by atoms with van der Waals surface area (Å²) in [7, 11) is 0. The molecule has 0 heterocycles. The van der Waals surface area contributed by atoms with E-state index in [4.69, 9.17) is 18.9 Å². The molecule has 12 aliphatic rings. The SMILES string of the molecule is CCCCOC1CCCC(N(C2CCC(C)CC2)C2CC(N(C3CCC(C)CC3)C3CCCC(OCCCC)C3)C3CCC4C5C(CCC2C35)C(N(C2CCC(C)CC2)C2CCCC(OCCCC)C2)CC4N(C2CCC(C)CC2)C2CCCC(OCCCC)C2)C1. The Bertz CT molecular complexity index is 1800. The fourth-order valence-corrected chi connectivity index (χ4v) is 24.9. The highest BCUT2D eigenvalue weighted by atomic mass is 16.5. The molecule has 0 spiro atoms. The van der Waals surface area contributed by atoms with Crippen molar-refractivity contribution in [2.75, 3.05) is 26.4 Å². The summed E-state index contributed by atoms with van der Waals surface area (Å²) in [5.74, 6) is 8.40. The summed E-state index contributed by atoms with van der Waals surface area (Å²) < 4.78 is 28.2. The molecule has 0 aromatic heterocycles. The molecule has 0 amide bonds. The maximum Gasteiger partial charge on any atom is 0.0590 e. The van der Waals surface area contributed by atoms with E-state index in [-0.39, 0.29) is 0 Å². The van der Waals surface area contributed by atoms with E-state index in [1.165, 1.54) is 295 Å². The summed E-state index contributed by atoms with van der Waals surface area (Å²) in [6.07, 6.45) is 64.8. The molecular formula is C84H150N4O4. The molecule has 0 aromatic carbocycles. The molecule has 8 nitrogen and oxygen atoms in total. The minimum Gasteiger partial charge on any atom is -0.378 e. The van der Waals surface area contributed by atoms with Gasteiger partial charge in [0.2, 0.25) is 0 Å². The lowest BCUT2D eigenvalue weighted by Crippen LogP contribution is -2.72. The smallest absolute Gasteiger partial charge is 0.0590 e. The van der Waals surface area contributed by atoms with Crippen molar-refractivity contribution in [2.45, 2.75) is 448 Å². The van der Waals surface area contributed by atoms with Crippen LogP contribution in [0, 0.1) is 59.2 Å². The van der Waals surface area contributed by atoms with Crippen molar-refractivity contribution >= 4 is 0 Å². The monoisotopic (exact) mass is 1280 g/mol. The van der Waals surface area contributed by atoms with E-state index in [2.05, 4.69) is 75.0 Å². The standard InChI is InChI=1S/C84H150N4O4/c1-9-13-49-89-71-25-17-21-67(53-71)85(63-37-29-59(5)30-38-63)79-57-80(86(64-39-31-60(6)32-40-64)68-22-18-26-72(54-68)90-50-14-10-2)76-47-48-78-82(88(66-43-35-62(8)36-44-66)70-24-20-28-74(56-70)92-52-16-12-4)58-81(77-46-45-75(79)83(76)84(77)78)87(65-41-33-61(7)34-42-65)69-23-19-27-73(55-69)91-51-15-11-3/h59-84H,9-58H2,1-8H3. The molecule has 12 rings (SSSR count). The molecule has 0 aliphatic heterocycles. The molecule has 0 N–H and O–H groups in total. The van der Waals surface area contributed by atoms with E-state index in [0.717, 1.165) is 110 Å². The predicted octanol–water partition coefficient (Wildman–Crippen LogP) is 20.6. The van der Waals surface area contributed by atoms with Crippen LogP contribution in [0.1, 0.15) is 351 Å². The molecule has 92 heavy (non-hydrogen) atoms. The highest BCUT2D eigenvalue weighted by Crippen LogP contribution is 2.65. The molecule has 16 unspecified atom stereocenters. The number of hydrogen-bond acceptors (Lipinski definition) is 8. The van der Waals surface area contributed by atoms with Gasteiger partial charge in [-0.2, -0.15) is 0 Å². The summed E-state index contributed by atoms with van der Waals surface area (Å²) in [6, 6.07) is 8.36. The zero-order chi connectivity index (χ0) is 63.5. The Morgan fingerprint density at radius 2 is 0.457 bits per heavy atom. The molecule has 0 bridgehead atoms. The van der Waals surface area contributed by atoms with Crippen LogP contribution in [-0.4, -0.2) is 143 Å². The lowest BCUT2D eigenvalue weighted by molar-refractivity contribution is -0.199. The van der Waals surface area contributed by atoms with Gasteiger partial charge in [-0.3, -0.25) is 19.6 Å². The first kappa shape index (κ1) is 71.5. The minimum absolute atomic E-state index is 0.440. The average Bonchev–Trinajstić information content (AvgIpc) is 0.703. The summed E-state index contributed by atoms with van der Waals surface area (Å²) in [4.78, 5) is 14.1. The van der Waals surface area contributed by atoms with Crippen LogP contribution in [0.4, 0.5) is 0 Å². The van der Waals surface area contributed by atoms with E-state index >= 15 is 0 Å². The molecule has 0 aromatic rings. The van der Waals surface area contributed by atoms with E-state index in [9.17, 15) is 0 Å². The zero-order valence-corrected chi connectivity index (χ0v) is 61.8. The third-order valence-corrected chi connectivity index (χ3v) is 29.7. The Morgan fingerprint density at radius 3 is 0.663 bits per heavy atom. The van der Waals surface area contributed by atoms with Crippen molar-refractivity contribution in [1.82, 2.24) is 19.6 Å². The second-order valence-electron chi connectivity index (χ2n) is 35.8. The Balaban J connectivity index is 1.00. The molecule has 12 fully saturated rings. The van der Waals surface area contributed by atoms with Gasteiger partial charge in [0.05, 0.1) is 24.4 Å². The van der Waals surface area contributed by atoms with Gasteiger partial charge in [-0.05, 0) is 329 Å².